The lowest BCUT2D eigenvalue weighted by atomic mass is 10.0. The smallest absolute Gasteiger partial charge is 0.174 e. The zero-order valence-corrected chi connectivity index (χ0v) is 15.5. The van der Waals surface area contributed by atoms with E-state index in [0.717, 1.165) is 17.7 Å². The Bertz CT molecular complexity index is 1100. The predicted molar refractivity (Wildman–Crippen MR) is 110 cm³/mol. The first kappa shape index (κ1) is 17.3. The van der Waals surface area contributed by atoms with Crippen LogP contribution in [-0.4, -0.2) is 10.6 Å². The third kappa shape index (κ3) is 3.99. The van der Waals surface area contributed by atoms with Crippen LogP contribution in [0.25, 0.3) is 10.9 Å². The van der Waals surface area contributed by atoms with Gasteiger partial charge in [-0.25, -0.2) is 0 Å². The molecule has 0 atom stereocenters. The number of benzene rings is 3. The van der Waals surface area contributed by atoms with Crippen LogP contribution < -0.4 is 4.74 Å². The topological polar surface area (TPSA) is 37.9 Å². The highest BCUT2D eigenvalue weighted by Crippen LogP contribution is 2.28. The molecule has 0 aliphatic rings. The van der Waals surface area contributed by atoms with Crippen molar-refractivity contribution in [1.82, 2.24) is 3.97 Å². The van der Waals surface area contributed by atoms with Gasteiger partial charge in [-0.2, -0.15) is 5.26 Å². The van der Waals surface area contributed by atoms with Gasteiger partial charge in [0.2, 0.25) is 0 Å². The normalized spacial score (nSPS) is 10.6. The van der Waals surface area contributed by atoms with Gasteiger partial charge in [-0.15, -0.1) is 0 Å². The predicted octanol–water partition coefficient (Wildman–Crippen LogP) is 5.69. The number of fused-ring (bicyclic) bond motifs is 1. The largest absolute Gasteiger partial charge is 0.478 e. The standard InChI is InChI=1S/C23H18N2OS/c24-13-15-26-23-9-5-4-6-20(23)17-18-10-11-22-19(16-18)12-14-25(22)27-21-7-2-1-3-8-21/h1-12,14,16H,15,17H2. The molecule has 0 amide bonds. The maximum Gasteiger partial charge on any atom is 0.174 e. The highest BCUT2D eigenvalue weighted by molar-refractivity contribution is 7.98. The minimum Gasteiger partial charge on any atom is -0.478 e. The first-order valence-electron chi connectivity index (χ1n) is 8.74. The van der Waals surface area contributed by atoms with E-state index < -0.39 is 0 Å². The number of hydrogen-bond acceptors (Lipinski definition) is 3. The number of nitrogens with zero attached hydrogens (tertiary/aromatic N) is 2. The molecule has 1 aromatic heterocycles. The van der Waals surface area contributed by atoms with Crippen molar-refractivity contribution in [2.24, 2.45) is 0 Å². The van der Waals surface area contributed by atoms with Gasteiger partial charge >= 0.3 is 0 Å². The fourth-order valence-corrected chi connectivity index (χ4v) is 3.96. The third-order valence-corrected chi connectivity index (χ3v) is 5.32. The summed E-state index contributed by atoms with van der Waals surface area (Å²) in [5, 5.41) is 9.97. The molecule has 0 radical (unpaired) electrons. The summed E-state index contributed by atoms with van der Waals surface area (Å²) in [5.41, 5.74) is 3.50. The zero-order chi connectivity index (χ0) is 18.5. The van der Waals surface area contributed by atoms with E-state index in [1.165, 1.54) is 21.4 Å². The van der Waals surface area contributed by atoms with Crippen molar-refractivity contribution in [2.75, 3.05) is 6.61 Å². The number of nitriles is 1. The van der Waals surface area contributed by atoms with Crippen molar-refractivity contribution in [3.63, 3.8) is 0 Å². The summed E-state index contributed by atoms with van der Waals surface area (Å²) in [4.78, 5) is 1.21. The Hall–Kier alpha value is -3.16. The van der Waals surface area contributed by atoms with Crippen molar-refractivity contribution < 1.29 is 4.74 Å². The Morgan fingerprint density at radius 1 is 0.926 bits per heavy atom. The van der Waals surface area contributed by atoms with Crippen molar-refractivity contribution in [3.05, 3.63) is 96.2 Å². The Morgan fingerprint density at radius 2 is 1.74 bits per heavy atom. The van der Waals surface area contributed by atoms with E-state index in [9.17, 15) is 0 Å². The van der Waals surface area contributed by atoms with E-state index in [0.29, 0.717) is 0 Å². The summed E-state index contributed by atoms with van der Waals surface area (Å²) in [6.07, 6.45) is 2.88. The van der Waals surface area contributed by atoms with Crippen LogP contribution in [0.5, 0.6) is 5.75 Å². The van der Waals surface area contributed by atoms with Crippen LogP contribution in [0, 0.1) is 11.3 Å². The van der Waals surface area contributed by atoms with Gasteiger partial charge < -0.3 is 4.74 Å². The summed E-state index contributed by atoms with van der Waals surface area (Å²) >= 11 is 1.71. The maximum absolute atomic E-state index is 8.76. The average molecular weight is 370 g/mol. The Morgan fingerprint density at radius 3 is 2.59 bits per heavy atom. The van der Waals surface area contributed by atoms with E-state index in [2.05, 4.69) is 58.7 Å². The van der Waals surface area contributed by atoms with Crippen LogP contribution in [0.15, 0.2) is 90.0 Å². The van der Waals surface area contributed by atoms with Crippen LogP contribution in [0.4, 0.5) is 0 Å². The first-order valence-corrected chi connectivity index (χ1v) is 9.52. The second-order valence-electron chi connectivity index (χ2n) is 6.17. The summed E-state index contributed by atoms with van der Waals surface area (Å²) in [7, 11) is 0. The maximum atomic E-state index is 8.76. The van der Waals surface area contributed by atoms with Crippen molar-refractivity contribution in [3.8, 4) is 11.8 Å². The average Bonchev–Trinajstić information content (AvgIpc) is 3.10. The van der Waals surface area contributed by atoms with Gasteiger partial charge in [0, 0.05) is 22.9 Å². The zero-order valence-electron chi connectivity index (χ0n) is 14.7. The molecule has 0 bridgehead atoms. The summed E-state index contributed by atoms with van der Waals surface area (Å²) in [6.45, 7) is 0.0651. The molecule has 132 valence electrons. The monoisotopic (exact) mass is 370 g/mol. The minimum absolute atomic E-state index is 0.0651. The molecule has 4 aromatic rings. The molecule has 3 nitrogen and oxygen atoms in total. The van der Waals surface area contributed by atoms with Crippen molar-refractivity contribution >= 4 is 22.9 Å². The van der Waals surface area contributed by atoms with Gasteiger partial charge in [0.1, 0.15) is 11.8 Å². The summed E-state index contributed by atoms with van der Waals surface area (Å²) < 4.78 is 7.74. The lowest BCUT2D eigenvalue weighted by Crippen LogP contribution is -1.98. The molecule has 1 heterocycles. The molecule has 0 N–H and O–H groups in total. The second kappa shape index (κ2) is 8.03. The fourth-order valence-electron chi connectivity index (χ4n) is 3.07. The van der Waals surface area contributed by atoms with Crippen LogP contribution >= 0.6 is 11.9 Å². The van der Waals surface area contributed by atoms with Crippen LogP contribution in [0.3, 0.4) is 0 Å². The van der Waals surface area contributed by atoms with E-state index in [4.69, 9.17) is 10.00 Å². The molecule has 27 heavy (non-hydrogen) atoms. The molecule has 0 spiro atoms. The quantitative estimate of drug-likeness (QED) is 0.437. The molecule has 4 heteroatoms. The molecule has 0 fully saturated rings. The van der Waals surface area contributed by atoms with Gasteiger partial charge in [0.25, 0.3) is 0 Å². The van der Waals surface area contributed by atoms with Crippen LogP contribution in [-0.2, 0) is 6.42 Å². The summed E-state index contributed by atoms with van der Waals surface area (Å²) in [6, 6.07) is 29.0. The SMILES string of the molecule is N#CCOc1ccccc1Cc1ccc2c(ccn2Sc2ccccc2)c1. The van der Waals surface area contributed by atoms with Gasteiger partial charge in [-0.3, -0.25) is 3.97 Å². The van der Waals surface area contributed by atoms with Crippen LogP contribution in [0.2, 0.25) is 0 Å². The number of para-hydroxylation sites is 1. The van der Waals surface area contributed by atoms with Gasteiger partial charge in [-0.05, 0) is 59.5 Å². The lowest BCUT2D eigenvalue weighted by molar-refractivity contribution is 0.364. The number of rotatable bonds is 6. The highest BCUT2D eigenvalue weighted by atomic mass is 32.2. The van der Waals surface area contributed by atoms with Crippen molar-refractivity contribution in [2.45, 2.75) is 11.3 Å². The first-order chi connectivity index (χ1) is 13.3. The molecule has 0 saturated carbocycles. The molecule has 3 aromatic carbocycles. The Balaban J connectivity index is 1.58. The van der Waals surface area contributed by atoms with E-state index >= 15 is 0 Å². The number of hydrogen-bond donors (Lipinski definition) is 0. The number of ether oxygens (including phenoxy) is 1. The molecular weight excluding hydrogens is 352 g/mol. The molecule has 0 unspecified atom stereocenters. The molecule has 0 aliphatic carbocycles. The Kier molecular flexibility index (Phi) is 5.13. The molecular formula is C23H18N2OS. The van der Waals surface area contributed by atoms with Crippen LogP contribution in [0.1, 0.15) is 11.1 Å². The molecule has 0 aliphatic heterocycles. The number of aromatic nitrogens is 1. The van der Waals surface area contributed by atoms with Gasteiger partial charge in [0.05, 0.1) is 5.52 Å². The second-order valence-corrected chi connectivity index (χ2v) is 7.22. The summed E-state index contributed by atoms with van der Waals surface area (Å²) in [5.74, 6) is 0.774. The highest BCUT2D eigenvalue weighted by Gasteiger charge is 2.07. The minimum atomic E-state index is 0.0651. The van der Waals surface area contributed by atoms with Crippen molar-refractivity contribution in [1.29, 1.82) is 5.26 Å². The van der Waals surface area contributed by atoms with E-state index in [1.54, 1.807) is 11.9 Å². The van der Waals surface area contributed by atoms with E-state index in [-0.39, 0.29) is 6.61 Å². The third-order valence-electron chi connectivity index (χ3n) is 4.33. The van der Waals surface area contributed by atoms with Gasteiger partial charge in [-0.1, -0.05) is 42.5 Å². The fraction of sp³-hybridized carbons (Fsp3) is 0.0870. The molecule has 4 rings (SSSR count). The molecule has 0 saturated heterocycles. The van der Waals surface area contributed by atoms with E-state index in [1.807, 2.05) is 36.4 Å². The van der Waals surface area contributed by atoms with Gasteiger partial charge in [0.15, 0.2) is 6.61 Å². The Labute approximate surface area is 163 Å². The lowest BCUT2D eigenvalue weighted by Gasteiger charge is -2.10.